The Morgan fingerprint density at radius 2 is 1.95 bits per heavy atom. The Bertz CT molecular complexity index is 465. The first-order valence-corrected chi connectivity index (χ1v) is 6.34. The first kappa shape index (κ1) is 14.9. The first-order valence-electron chi connectivity index (χ1n) is 6.34. The van der Waals surface area contributed by atoms with E-state index in [0.29, 0.717) is 26.2 Å². The van der Waals surface area contributed by atoms with Crippen LogP contribution in [-0.4, -0.2) is 49.7 Å². The predicted molar refractivity (Wildman–Crippen MR) is 67.8 cm³/mol. The molecule has 1 aromatic carbocycles. The van der Waals surface area contributed by atoms with E-state index in [1.54, 1.807) is 0 Å². The summed E-state index contributed by atoms with van der Waals surface area (Å²) in [5, 5.41) is 13.1. The third-order valence-electron chi connectivity index (χ3n) is 3.39. The van der Waals surface area contributed by atoms with Gasteiger partial charge < -0.3 is 15.2 Å². The summed E-state index contributed by atoms with van der Waals surface area (Å²) in [6.07, 6.45) is -2.73. The summed E-state index contributed by atoms with van der Waals surface area (Å²) >= 11 is 0. The number of nitrogens with one attached hydrogen (secondary N) is 1. The molecule has 1 atom stereocenters. The molecule has 0 aromatic heterocycles. The molecule has 4 nitrogen and oxygen atoms in total. The van der Waals surface area contributed by atoms with Gasteiger partial charge in [-0.3, -0.25) is 4.90 Å². The molecule has 0 saturated carbocycles. The van der Waals surface area contributed by atoms with Gasteiger partial charge in [-0.15, -0.1) is 0 Å². The molecule has 20 heavy (non-hydrogen) atoms. The van der Waals surface area contributed by atoms with Crippen molar-refractivity contribution in [2.75, 3.05) is 33.3 Å². The monoisotopic (exact) mass is 290 g/mol. The van der Waals surface area contributed by atoms with Crippen LogP contribution in [0.5, 0.6) is 11.5 Å². The lowest BCUT2D eigenvalue weighted by Gasteiger charge is -2.35. The second-order valence-corrected chi connectivity index (χ2v) is 4.61. The topological polar surface area (TPSA) is 44.7 Å². The molecule has 1 aliphatic heterocycles. The molecule has 1 fully saturated rings. The van der Waals surface area contributed by atoms with E-state index in [1.165, 1.54) is 12.0 Å². The Kier molecular flexibility index (Phi) is 4.72. The summed E-state index contributed by atoms with van der Waals surface area (Å²) in [4.78, 5) is 1.54. The number of phenols is 1. The van der Waals surface area contributed by atoms with E-state index < -0.39 is 24.0 Å². The normalized spacial score (nSPS) is 18.2. The van der Waals surface area contributed by atoms with Crippen LogP contribution in [-0.2, 0) is 0 Å². The zero-order valence-electron chi connectivity index (χ0n) is 11.1. The quantitative estimate of drug-likeness (QED) is 0.887. The lowest BCUT2D eigenvalue weighted by Crippen LogP contribution is -2.46. The molecule has 2 rings (SSSR count). The van der Waals surface area contributed by atoms with Crippen molar-refractivity contribution in [2.24, 2.45) is 0 Å². The van der Waals surface area contributed by atoms with E-state index >= 15 is 0 Å². The lowest BCUT2D eigenvalue weighted by molar-refractivity contribution is 0.0167. The van der Waals surface area contributed by atoms with Crippen molar-refractivity contribution < 1.29 is 23.0 Å². The number of benzene rings is 1. The van der Waals surface area contributed by atoms with E-state index in [9.17, 15) is 18.3 Å². The fourth-order valence-corrected chi connectivity index (χ4v) is 2.43. The zero-order chi connectivity index (χ0) is 14.7. The Hall–Kier alpha value is -1.47. The number of nitrogens with zero attached hydrogens (tertiary/aromatic N) is 1. The van der Waals surface area contributed by atoms with Crippen LogP contribution in [0.15, 0.2) is 12.1 Å². The number of alkyl halides is 2. The van der Waals surface area contributed by atoms with Gasteiger partial charge in [0, 0.05) is 37.8 Å². The molecule has 1 aliphatic rings. The van der Waals surface area contributed by atoms with Crippen molar-refractivity contribution in [1.82, 2.24) is 10.2 Å². The lowest BCUT2D eigenvalue weighted by atomic mass is 10.0. The minimum Gasteiger partial charge on any atom is -0.504 e. The van der Waals surface area contributed by atoms with Crippen LogP contribution < -0.4 is 10.1 Å². The molecule has 0 amide bonds. The van der Waals surface area contributed by atoms with E-state index in [2.05, 4.69) is 5.32 Å². The summed E-state index contributed by atoms with van der Waals surface area (Å²) in [6.45, 7) is 1.98. The molecule has 1 aromatic rings. The van der Waals surface area contributed by atoms with Crippen molar-refractivity contribution in [2.45, 2.75) is 12.5 Å². The van der Waals surface area contributed by atoms with Crippen molar-refractivity contribution >= 4 is 0 Å². The number of methoxy groups -OCH3 is 1. The number of piperazine rings is 1. The molecular formula is C13H17F3N2O2. The zero-order valence-corrected chi connectivity index (χ0v) is 11.1. The second kappa shape index (κ2) is 6.32. The standard InChI is InChI=1S/C13H17F3N2O2/c1-20-10-7-8(14)6-9(12(10)19)11(13(15)16)18-4-2-17-3-5-18/h6-7,11,13,17,19H,2-5H2,1H3/t11-/m0/s1. The Morgan fingerprint density at radius 3 is 2.50 bits per heavy atom. The number of halogens is 3. The number of hydrogen-bond acceptors (Lipinski definition) is 4. The number of rotatable bonds is 4. The van der Waals surface area contributed by atoms with Gasteiger partial charge in [0.15, 0.2) is 11.5 Å². The second-order valence-electron chi connectivity index (χ2n) is 4.61. The third kappa shape index (κ3) is 2.99. The third-order valence-corrected chi connectivity index (χ3v) is 3.39. The largest absolute Gasteiger partial charge is 0.504 e. The molecule has 0 spiro atoms. The number of phenolic OH excluding ortho intramolecular Hbond substituents is 1. The van der Waals surface area contributed by atoms with E-state index in [4.69, 9.17) is 4.74 Å². The summed E-state index contributed by atoms with van der Waals surface area (Å²) in [5.41, 5.74) is -0.140. The SMILES string of the molecule is COc1cc(F)cc([C@@H](C(F)F)N2CCNCC2)c1O. The molecule has 0 bridgehead atoms. The fraction of sp³-hybridized carbons (Fsp3) is 0.538. The summed E-state index contributed by atoms with van der Waals surface area (Å²) in [5.74, 6) is -1.28. The van der Waals surface area contributed by atoms with Crippen LogP contribution in [0.4, 0.5) is 13.2 Å². The minimum absolute atomic E-state index is 0.138. The number of hydrogen-bond donors (Lipinski definition) is 2. The van der Waals surface area contributed by atoms with E-state index in [1.807, 2.05) is 0 Å². The van der Waals surface area contributed by atoms with Crippen molar-refractivity contribution in [3.8, 4) is 11.5 Å². The highest BCUT2D eigenvalue weighted by Crippen LogP contribution is 2.39. The van der Waals surface area contributed by atoms with Gasteiger partial charge in [0.05, 0.1) is 7.11 Å². The fourth-order valence-electron chi connectivity index (χ4n) is 2.43. The van der Waals surface area contributed by atoms with Gasteiger partial charge in [-0.25, -0.2) is 13.2 Å². The van der Waals surface area contributed by atoms with E-state index in [0.717, 1.165) is 12.1 Å². The number of aromatic hydroxyl groups is 1. The van der Waals surface area contributed by atoms with Crippen LogP contribution in [0.3, 0.4) is 0 Å². The van der Waals surface area contributed by atoms with Gasteiger partial charge in [0.25, 0.3) is 6.43 Å². The molecule has 0 unspecified atom stereocenters. The van der Waals surface area contributed by atoms with Gasteiger partial charge in [-0.2, -0.15) is 0 Å². The smallest absolute Gasteiger partial charge is 0.258 e. The molecule has 2 N–H and O–H groups in total. The van der Waals surface area contributed by atoms with Gasteiger partial charge in [-0.1, -0.05) is 0 Å². The van der Waals surface area contributed by atoms with Crippen LogP contribution >= 0.6 is 0 Å². The average molecular weight is 290 g/mol. The summed E-state index contributed by atoms with van der Waals surface area (Å²) in [7, 11) is 1.25. The highest BCUT2D eigenvalue weighted by molar-refractivity contribution is 5.47. The predicted octanol–water partition coefficient (Wildman–Crippen LogP) is 1.75. The maximum Gasteiger partial charge on any atom is 0.258 e. The van der Waals surface area contributed by atoms with Crippen LogP contribution in [0.25, 0.3) is 0 Å². The molecular weight excluding hydrogens is 273 g/mol. The van der Waals surface area contributed by atoms with Crippen molar-refractivity contribution in [3.05, 3.63) is 23.5 Å². The minimum atomic E-state index is -2.73. The first-order chi connectivity index (χ1) is 9.54. The maximum absolute atomic E-state index is 13.5. The van der Waals surface area contributed by atoms with Crippen LogP contribution in [0, 0.1) is 5.82 Å². The van der Waals surface area contributed by atoms with Crippen molar-refractivity contribution in [1.29, 1.82) is 0 Å². The highest BCUT2D eigenvalue weighted by Gasteiger charge is 2.33. The maximum atomic E-state index is 13.5. The molecule has 7 heteroatoms. The average Bonchev–Trinajstić information content (AvgIpc) is 2.43. The van der Waals surface area contributed by atoms with E-state index in [-0.39, 0.29) is 11.3 Å². The molecule has 0 radical (unpaired) electrons. The van der Waals surface area contributed by atoms with Gasteiger partial charge in [-0.05, 0) is 6.07 Å². The highest BCUT2D eigenvalue weighted by atomic mass is 19.3. The number of ether oxygens (including phenoxy) is 1. The summed E-state index contributed by atoms with van der Waals surface area (Å²) < 4.78 is 45.1. The Morgan fingerprint density at radius 1 is 1.30 bits per heavy atom. The van der Waals surface area contributed by atoms with Crippen molar-refractivity contribution in [3.63, 3.8) is 0 Å². The van der Waals surface area contributed by atoms with Crippen LogP contribution in [0.1, 0.15) is 11.6 Å². The van der Waals surface area contributed by atoms with Gasteiger partial charge in [0.2, 0.25) is 0 Å². The van der Waals surface area contributed by atoms with Gasteiger partial charge >= 0.3 is 0 Å². The molecule has 1 saturated heterocycles. The molecule has 0 aliphatic carbocycles. The molecule has 112 valence electrons. The summed E-state index contributed by atoms with van der Waals surface area (Å²) in [6, 6.07) is 0.567. The van der Waals surface area contributed by atoms with Crippen LogP contribution in [0.2, 0.25) is 0 Å². The van der Waals surface area contributed by atoms with Gasteiger partial charge in [0.1, 0.15) is 11.9 Å². The molecule has 1 heterocycles. The Labute approximate surface area is 115 Å². The Balaban J connectivity index is 2.40.